The molecule has 1 aliphatic heterocycles. The summed E-state index contributed by atoms with van der Waals surface area (Å²) in [5.41, 5.74) is 0.619. The van der Waals surface area contributed by atoms with E-state index in [1.807, 2.05) is 6.07 Å². The van der Waals surface area contributed by atoms with Gasteiger partial charge in [0.25, 0.3) is 0 Å². The molecule has 2 aliphatic rings. The fraction of sp³-hybridized carbons (Fsp3) is 0.593. The summed E-state index contributed by atoms with van der Waals surface area (Å²) in [6.07, 6.45) is 7.04. The van der Waals surface area contributed by atoms with Crippen LogP contribution in [-0.2, 0) is 9.47 Å². The smallest absolute Gasteiger partial charge is 0.165 e. The maximum atomic E-state index is 14.6. The number of hydrogen-bond acceptors (Lipinski definition) is 8. The SMILES string of the molecule is COC[C@@H](C)NC1CCC(Nc2cc(-c3ccc(F)c(NCC4(C#N)CCOCC4)n3)c(Cl)cn2)CC1. The van der Waals surface area contributed by atoms with E-state index in [0.717, 1.165) is 31.5 Å². The minimum Gasteiger partial charge on any atom is -0.383 e. The van der Waals surface area contributed by atoms with Crippen LogP contribution < -0.4 is 16.0 Å². The number of nitrogens with zero attached hydrogens (tertiary/aromatic N) is 3. The summed E-state index contributed by atoms with van der Waals surface area (Å²) in [5, 5.41) is 20.4. The lowest BCUT2D eigenvalue weighted by Gasteiger charge is -2.32. The average Bonchev–Trinajstić information content (AvgIpc) is 2.91. The second-order valence-corrected chi connectivity index (χ2v) is 10.6. The standard InChI is InChI=1S/C27H36ClFN6O2/c1-18(15-36-2)33-19-3-5-20(6-4-19)34-25-13-21(22(28)14-31-25)24-8-7-23(29)26(35-24)32-17-27(16-30)9-11-37-12-10-27/h7-8,13-14,18-20,33H,3-6,9-12,15,17H2,1-2H3,(H,31,34)(H,32,35)/t18-,19?,20?/m1/s1. The maximum Gasteiger partial charge on any atom is 0.165 e. The average molecular weight is 531 g/mol. The third-order valence-corrected chi connectivity index (χ3v) is 7.58. The van der Waals surface area contributed by atoms with Gasteiger partial charge in [-0.1, -0.05) is 11.6 Å². The number of nitrogens with one attached hydrogen (secondary N) is 3. The molecular weight excluding hydrogens is 495 g/mol. The van der Waals surface area contributed by atoms with Crippen LogP contribution >= 0.6 is 11.6 Å². The predicted octanol–water partition coefficient (Wildman–Crippen LogP) is 5.02. The monoisotopic (exact) mass is 530 g/mol. The molecule has 0 amide bonds. The highest BCUT2D eigenvalue weighted by atomic mass is 35.5. The molecule has 1 atom stereocenters. The number of nitriles is 1. The minimum absolute atomic E-state index is 0.106. The maximum absolute atomic E-state index is 14.6. The molecule has 1 aliphatic carbocycles. The molecule has 3 N–H and O–H groups in total. The van der Waals surface area contributed by atoms with Gasteiger partial charge in [0.1, 0.15) is 5.82 Å². The van der Waals surface area contributed by atoms with Crippen molar-refractivity contribution in [3.8, 4) is 17.3 Å². The van der Waals surface area contributed by atoms with Crippen molar-refractivity contribution in [2.75, 3.05) is 44.1 Å². The van der Waals surface area contributed by atoms with E-state index < -0.39 is 11.2 Å². The predicted molar refractivity (Wildman–Crippen MR) is 143 cm³/mol. The van der Waals surface area contributed by atoms with Gasteiger partial charge in [-0.15, -0.1) is 0 Å². The van der Waals surface area contributed by atoms with Crippen molar-refractivity contribution in [2.45, 2.75) is 63.6 Å². The summed E-state index contributed by atoms with van der Waals surface area (Å²) in [6, 6.07) is 8.38. The largest absolute Gasteiger partial charge is 0.383 e. The highest BCUT2D eigenvalue weighted by Crippen LogP contribution is 2.33. The summed E-state index contributed by atoms with van der Waals surface area (Å²) >= 11 is 6.48. The van der Waals surface area contributed by atoms with Crippen molar-refractivity contribution in [3.63, 3.8) is 0 Å². The molecule has 10 heteroatoms. The Labute approximate surface area is 223 Å². The molecule has 1 saturated heterocycles. The summed E-state index contributed by atoms with van der Waals surface area (Å²) in [6.45, 7) is 4.21. The Kier molecular flexibility index (Phi) is 9.54. The van der Waals surface area contributed by atoms with E-state index in [1.54, 1.807) is 19.4 Å². The highest BCUT2D eigenvalue weighted by Gasteiger charge is 2.33. The van der Waals surface area contributed by atoms with Gasteiger partial charge in [-0.2, -0.15) is 5.26 Å². The topological polar surface area (TPSA) is 104 Å². The Bertz CT molecular complexity index is 1080. The number of anilines is 2. The molecule has 2 aromatic rings. The first-order chi connectivity index (χ1) is 17.9. The van der Waals surface area contributed by atoms with E-state index in [4.69, 9.17) is 21.1 Å². The normalized spacial score (nSPS) is 22.1. The van der Waals surface area contributed by atoms with Crippen molar-refractivity contribution in [2.24, 2.45) is 5.41 Å². The zero-order valence-corrected chi connectivity index (χ0v) is 22.3. The highest BCUT2D eigenvalue weighted by molar-refractivity contribution is 6.33. The number of methoxy groups -OCH3 is 1. The van der Waals surface area contributed by atoms with Crippen LogP contribution in [0.3, 0.4) is 0 Å². The third kappa shape index (κ3) is 7.29. The van der Waals surface area contributed by atoms with Gasteiger partial charge in [0, 0.05) is 56.8 Å². The number of halogens is 2. The Hall–Kier alpha value is -2.51. The molecule has 0 unspecified atom stereocenters. The first kappa shape index (κ1) is 27.5. The fourth-order valence-electron chi connectivity index (χ4n) is 5.09. The van der Waals surface area contributed by atoms with Crippen LogP contribution in [0.4, 0.5) is 16.0 Å². The van der Waals surface area contributed by atoms with Gasteiger partial charge in [0.05, 0.1) is 28.8 Å². The molecule has 0 bridgehead atoms. The molecule has 0 aromatic carbocycles. The van der Waals surface area contributed by atoms with Gasteiger partial charge in [-0.05, 0) is 63.6 Å². The van der Waals surface area contributed by atoms with Gasteiger partial charge in [-0.25, -0.2) is 14.4 Å². The Morgan fingerprint density at radius 1 is 1.24 bits per heavy atom. The molecule has 2 aromatic heterocycles. The van der Waals surface area contributed by atoms with E-state index in [0.29, 0.717) is 73.6 Å². The van der Waals surface area contributed by atoms with Gasteiger partial charge in [0.15, 0.2) is 11.6 Å². The molecule has 2 fully saturated rings. The van der Waals surface area contributed by atoms with Crippen LogP contribution in [0, 0.1) is 22.6 Å². The fourth-order valence-corrected chi connectivity index (χ4v) is 5.29. The number of aromatic nitrogens is 2. The van der Waals surface area contributed by atoms with Crippen LogP contribution in [0.1, 0.15) is 45.4 Å². The molecule has 37 heavy (non-hydrogen) atoms. The van der Waals surface area contributed by atoms with Gasteiger partial charge in [-0.3, -0.25) is 0 Å². The minimum atomic E-state index is -0.593. The van der Waals surface area contributed by atoms with Crippen LogP contribution in [0.2, 0.25) is 5.02 Å². The van der Waals surface area contributed by atoms with Gasteiger partial charge >= 0.3 is 0 Å². The van der Waals surface area contributed by atoms with Crippen molar-refractivity contribution in [1.82, 2.24) is 15.3 Å². The Morgan fingerprint density at radius 2 is 1.97 bits per heavy atom. The van der Waals surface area contributed by atoms with E-state index >= 15 is 0 Å². The molecule has 4 rings (SSSR count). The van der Waals surface area contributed by atoms with Crippen molar-refractivity contribution in [1.29, 1.82) is 5.26 Å². The van der Waals surface area contributed by atoms with Gasteiger partial charge < -0.3 is 25.4 Å². The first-order valence-electron chi connectivity index (χ1n) is 13.0. The third-order valence-electron chi connectivity index (χ3n) is 7.27. The lowest BCUT2D eigenvalue weighted by molar-refractivity contribution is 0.0455. The summed E-state index contributed by atoms with van der Waals surface area (Å²) in [4.78, 5) is 8.98. The number of pyridine rings is 2. The summed E-state index contributed by atoms with van der Waals surface area (Å²) in [7, 11) is 1.72. The van der Waals surface area contributed by atoms with E-state index in [9.17, 15) is 9.65 Å². The zero-order valence-electron chi connectivity index (χ0n) is 21.5. The number of rotatable bonds is 10. The number of ether oxygens (including phenoxy) is 2. The Balaban J connectivity index is 1.41. The number of hydrogen-bond donors (Lipinski definition) is 3. The van der Waals surface area contributed by atoms with E-state index in [1.165, 1.54) is 6.07 Å². The van der Waals surface area contributed by atoms with E-state index in [2.05, 4.69) is 38.9 Å². The van der Waals surface area contributed by atoms with Crippen LogP contribution in [-0.4, -0.2) is 61.6 Å². The molecule has 3 heterocycles. The molecule has 8 nitrogen and oxygen atoms in total. The van der Waals surface area contributed by atoms with Gasteiger partial charge in [0.2, 0.25) is 0 Å². The van der Waals surface area contributed by atoms with Crippen LogP contribution in [0.25, 0.3) is 11.3 Å². The Morgan fingerprint density at radius 3 is 2.68 bits per heavy atom. The summed E-state index contributed by atoms with van der Waals surface area (Å²) < 4.78 is 25.2. The quantitative estimate of drug-likeness (QED) is 0.393. The zero-order chi connectivity index (χ0) is 26.3. The van der Waals surface area contributed by atoms with Crippen LogP contribution in [0.15, 0.2) is 24.4 Å². The van der Waals surface area contributed by atoms with Crippen molar-refractivity contribution in [3.05, 3.63) is 35.2 Å². The van der Waals surface area contributed by atoms with Crippen molar-refractivity contribution >= 4 is 23.2 Å². The van der Waals surface area contributed by atoms with Crippen molar-refractivity contribution < 1.29 is 13.9 Å². The molecule has 1 saturated carbocycles. The molecular formula is C27H36ClFN6O2. The second kappa shape index (κ2) is 12.8. The molecule has 200 valence electrons. The van der Waals surface area contributed by atoms with E-state index in [-0.39, 0.29) is 5.82 Å². The van der Waals surface area contributed by atoms with Crippen LogP contribution in [0.5, 0.6) is 0 Å². The first-order valence-corrected chi connectivity index (χ1v) is 13.4. The lowest BCUT2D eigenvalue weighted by Crippen LogP contribution is -2.42. The summed E-state index contributed by atoms with van der Waals surface area (Å²) in [5.74, 6) is 0.349. The molecule has 0 spiro atoms. The molecule has 0 radical (unpaired) electrons. The lowest BCUT2D eigenvalue weighted by atomic mass is 9.82. The second-order valence-electron chi connectivity index (χ2n) is 10.2.